The Morgan fingerprint density at radius 1 is 1.10 bits per heavy atom. The molecule has 106 valence electrons. The van der Waals surface area contributed by atoms with Crippen molar-refractivity contribution in [3.05, 3.63) is 54.3 Å². The Kier molecular flexibility index (Phi) is 4.17. The Morgan fingerprint density at radius 3 is 2.30 bits per heavy atom. The van der Waals surface area contributed by atoms with Crippen molar-refractivity contribution < 1.29 is 21.6 Å². The molecule has 1 atom stereocenters. The molecule has 0 spiro atoms. The van der Waals surface area contributed by atoms with Crippen LogP contribution in [0.3, 0.4) is 0 Å². The third kappa shape index (κ3) is 3.41. The maximum absolute atomic E-state index is 13.0. The summed E-state index contributed by atoms with van der Waals surface area (Å²) in [7, 11) is -3.89. The Bertz CT molecular complexity index is 744. The summed E-state index contributed by atoms with van der Waals surface area (Å²) in [6.07, 6.45) is 0. The van der Waals surface area contributed by atoms with Crippen LogP contribution in [0, 0.1) is 5.82 Å². The van der Waals surface area contributed by atoms with Gasteiger partial charge in [-0.3, -0.25) is 8.93 Å². The van der Waals surface area contributed by atoms with Gasteiger partial charge in [0, 0.05) is 4.90 Å². The van der Waals surface area contributed by atoms with Crippen molar-refractivity contribution >= 4 is 26.8 Å². The molecule has 2 aromatic rings. The second-order valence-corrected chi connectivity index (χ2v) is 6.45. The highest BCUT2D eigenvalue weighted by atomic mass is 32.2. The van der Waals surface area contributed by atoms with Crippen LogP contribution in [0.25, 0.3) is 0 Å². The van der Waals surface area contributed by atoms with E-state index in [4.69, 9.17) is 0 Å². The zero-order valence-corrected chi connectivity index (χ0v) is 11.6. The van der Waals surface area contributed by atoms with Gasteiger partial charge in [0.05, 0.1) is 10.6 Å². The minimum atomic E-state index is -3.89. The molecule has 0 aromatic heterocycles. The molecule has 0 fully saturated rings. The Morgan fingerprint density at radius 2 is 1.75 bits per heavy atom. The molecule has 1 unspecified atom stereocenters. The third-order valence-electron chi connectivity index (χ3n) is 2.40. The van der Waals surface area contributed by atoms with E-state index in [1.165, 1.54) is 30.3 Å². The molecular formula is C12H9FNO4S2-. The van der Waals surface area contributed by atoms with Crippen LogP contribution in [-0.2, 0) is 21.1 Å². The van der Waals surface area contributed by atoms with Gasteiger partial charge in [-0.1, -0.05) is 6.07 Å². The smallest absolute Gasteiger partial charge is 0.261 e. The van der Waals surface area contributed by atoms with E-state index in [2.05, 4.69) is 4.72 Å². The molecule has 0 bridgehead atoms. The van der Waals surface area contributed by atoms with Gasteiger partial charge >= 0.3 is 0 Å². The fourth-order valence-electron chi connectivity index (χ4n) is 1.50. The molecule has 0 aliphatic heterocycles. The fraction of sp³-hybridized carbons (Fsp3) is 0. The van der Waals surface area contributed by atoms with Crippen LogP contribution in [0.5, 0.6) is 0 Å². The lowest BCUT2D eigenvalue weighted by molar-refractivity contribution is 0.537. The first kappa shape index (κ1) is 14.6. The molecule has 0 aliphatic rings. The van der Waals surface area contributed by atoms with Crippen LogP contribution in [0.15, 0.2) is 58.3 Å². The number of hydrogen-bond donors (Lipinski definition) is 1. The first-order chi connectivity index (χ1) is 9.38. The average molecular weight is 314 g/mol. The highest BCUT2D eigenvalue weighted by Crippen LogP contribution is 2.18. The Labute approximate surface area is 117 Å². The summed E-state index contributed by atoms with van der Waals surface area (Å²) in [4.78, 5) is -0.134. The van der Waals surface area contributed by atoms with Gasteiger partial charge in [0.1, 0.15) is 5.82 Å². The molecule has 0 heterocycles. The predicted molar refractivity (Wildman–Crippen MR) is 70.8 cm³/mol. The van der Waals surface area contributed by atoms with Crippen molar-refractivity contribution in [3.63, 3.8) is 0 Å². The van der Waals surface area contributed by atoms with Crippen LogP contribution in [0.1, 0.15) is 0 Å². The molecule has 8 heteroatoms. The maximum Gasteiger partial charge on any atom is 0.261 e. The highest BCUT2D eigenvalue weighted by molar-refractivity contribution is 7.92. The number of halogens is 1. The summed E-state index contributed by atoms with van der Waals surface area (Å²) in [5.41, 5.74) is 0.0847. The molecule has 0 saturated carbocycles. The van der Waals surface area contributed by atoms with Gasteiger partial charge in [-0.25, -0.2) is 12.8 Å². The molecule has 5 nitrogen and oxygen atoms in total. The normalized spacial score (nSPS) is 12.9. The standard InChI is InChI=1S/C12H10FNO4S2/c13-9-2-1-3-10(8-9)14-20(17,18)12-6-4-11(5-7-12)19(15)16/h1-8,14H,(H,15,16)/p-1. The van der Waals surface area contributed by atoms with E-state index in [9.17, 15) is 21.6 Å². The Hall–Kier alpha value is -1.77. The molecule has 2 rings (SSSR count). The fourth-order valence-corrected chi connectivity index (χ4v) is 2.90. The number of rotatable bonds is 4. The number of benzene rings is 2. The van der Waals surface area contributed by atoms with Crippen molar-refractivity contribution in [2.45, 2.75) is 9.79 Å². The zero-order valence-electron chi connectivity index (χ0n) is 9.95. The molecule has 1 N–H and O–H groups in total. The summed E-state index contributed by atoms with van der Waals surface area (Å²) in [5, 5.41) is 0. The lowest BCUT2D eigenvalue weighted by Gasteiger charge is -2.09. The van der Waals surface area contributed by atoms with Gasteiger partial charge in [0.15, 0.2) is 0 Å². The minimum Gasteiger partial charge on any atom is -0.768 e. The minimum absolute atomic E-state index is 0.0188. The molecule has 2 aromatic carbocycles. The largest absolute Gasteiger partial charge is 0.768 e. The first-order valence-corrected chi connectivity index (χ1v) is 7.92. The van der Waals surface area contributed by atoms with Gasteiger partial charge in [-0.2, -0.15) is 0 Å². The van der Waals surface area contributed by atoms with E-state index in [0.29, 0.717) is 0 Å². The summed E-state index contributed by atoms with van der Waals surface area (Å²) in [6.45, 7) is 0. The van der Waals surface area contributed by atoms with Gasteiger partial charge in [-0.15, -0.1) is 0 Å². The zero-order chi connectivity index (χ0) is 14.8. The van der Waals surface area contributed by atoms with Crippen molar-refractivity contribution in [3.8, 4) is 0 Å². The van der Waals surface area contributed by atoms with Gasteiger partial charge in [-0.05, 0) is 53.5 Å². The van der Waals surface area contributed by atoms with Crippen molar-refractivity contribution in [1.29, 1.82) is 0 Å². The van der Waals surface area contributed by atoms with Gasteiger partial charge in [0.2, 0.25) is 0 Å². The second-order valence-electron chi connectivity index (χ2n) is 3.82. The quantitative estimate of drug-likeness (QED) is 0.873. The Balaban J connectivity index is 2.28. The molecular weight excluding hydrogens is 305 g/mol. The molecule has 20 heavy (non-hydrogen) atoms. The van der Waals surface area contributed by atoms with Crippen LogP contribution in [0.4, 0.5) is 10.1 Å². The number of nitrogens with one attached hydrogen (secondary N) is 1. The lowest BCUT2D eigenvalue weighted by Crippen LogP contribution is -2.13. The summed E-state index contributed by atoms with van der Waals surface area (Å²) >= 11 is -2.42. The van der Waals surface area contributed by atoms with Crippen LogP contribution in [-0.4, -0.2) is 17.2 Å². The first-order valence-electron chi connectivity index (χ1n) is 5.36. The topological polar surface area (TPSA) is 86.3 Å². The lowest BCUT2D eigenvalue weighted by atomic mass is 10.3. The maximum atomic E-state index is 13.0. The van der Waals surface area contributed by atoms with Crippen LogP contribution < -0.4 is 4.72 Å². The molecule has 0 aliphatic carbocycles. The van der Waals surface area contributed by atoms with Crippen LogP contribution >= 0.6 is 0 Å². The summed E-state index contributed by atoms with van der Waals surface area (Å²) in [6, 6.07) is 9.67. The molecule has 0 saturated heterocycles. The summed E-state index contributed by atoms with van der Waals surface area (Å²) in [5.74, 6) is -0.567. The monoisotopic (exact) mass is 314 g/mol. The summed E-state index contributed by atoms with van der Waals surface area (Å²) < 4.78 is 60.6. The van der Waals surface area contributed by atoms with Crippen LogP contribution in [0.2, 0.25) is 0 Å². The highest BCUT2D eigenvalue weighted by Gasteiger charge is 2.14. The van der Waals surface area contributed by atoms with E-state index in [0.717, 1.165) is 18.2 Å². The number of hydrogen-bond acceptors (Lipinski definition) is 4. The van der Waals surface area contributed by atoms with Crippen molar-refractivity contribution in [1.82, 2.24) is 0 Å². The van der Waals surface area contributed by atoms with E-state index in [-0.39, 0.29) is 15.5 Å². The molecule has 0 amide bonds. The number of anilines is 1. The van der Waals surface area contributed by atoms with Gasteiger partial charge in [0.25, 0.3) is 10.0 Å². The van der Waals surface area contributed by atoms with Crippen molar-refractivity contribution in [2.24, 2.45) is 0 Å². The van der Waals surface area contributed by atoms with E-state index >= 15 is 0 Å². The predicted octanol–water partition coefficient (Wildman–Crippen LogP) is 1.86. The average Bonchev–Trinajstić information content (AvgIpc) is 2.38. The van der Waals surface area contributed by atoms with E-state index < -0.39 is 26.9 Å². The van der Waals surface area contributed by atoms with Gasteiger partial charge < -0.3 is 4.55 Å². The third-order valence-corrected chi connectivity index (χ3v) is 4.46. The molecule has 0 radical (unpaired) electrons. The van der Waals surface area contributed by atoms with Crippen molar-refractivity contribution in [2.75, 3.05) is 4.72 Å². The second kappa shape index (κ2) is 5.70. The van der Waals surface area contributed by atoms with E-state index in [1.54, 1.807) is 0 Å². The van der Waals surface area contributed by atoms with E-state index in [1.807, 2.05) is 0 Å². The SMILES string of the molecule is O=S([O-])c1ccc(S(=O)(=O)Nc2cccc(F)c2)cc1. The number of sulfonamides is 1.